The summed E-state index contributed by atoms with van der Waals surface area (Å²) in [5, 5.41) is 10.8. The first-order valence-electron chi connectivity index (χ1n) is 8.98. The highest BCUT2D eigenvalue weighted by molar-refractivity contribution is 8.06. The summed E-state index contributed by atoms with van der Waals surface area (Å²) in [5.41, 5.74) is 6.90. The van der Waals surface area contributed by atoms with E-state index in [9.17, 15) is 26.9 Å². The third kappa shape index (κ3) is 4.43. The van der Waals surface area contributed by atoms with Crippen LogP contribution < -0.4 is 9.44 Å². The first-order chi connectivity index (χ1) is 14.6. The number of fused-ring (bicyclic) bond motifs is 1. The molecule has 164 valence electrons. The van der Waals surface area contributed by atoms with Crippen molar-refractivity contribution in [2.45, 2.75) is 13.0 Å². The Hall–Kier alpha value is -2.89. The van der Waals surface area contributed by atoms with Gasteiger partial charge >= 0.3 is 0 Å². The van der Waals surface area contributed by atoms with E-state index in [2.05, 4.69) is 4.98 Å². The molecule has 0 bridgehead atoms. The summed E-state index contributed by atoms with van der Waals surface area (Å²) < 4.78 is 51.2. The standard InChI is InChI=1S/C20H20FN3O5S2/c1-30(27)24(31(2,28)29)19-15-8-13(7-12-3-5-14(21)6-4-12)10-23-18(15)20(26)17(11-25)16(19)9-22/h3-6,8,10-11,26H,7,9,22H2,1-2H3. The van der Waals surface area contributed by atoms with Gasteiger partial charge in [-0.3, -0.25) is 9.78 Å². The van der Waals surface area contributed by atoms with E-state index in [-0.39, 0.29) is 40.1 Å². The molecule has 2 aromatic carbocycles. The SMILES string of the molecule is CS(=O)N(c1c(CN)c(C=O)c(O)c2ncc(Cc3ccc(F)cc3)cc12)S(C)(=O)=O. The van der Waals surface area contributed by atoms with Crippen molar-refractivity contribution in [2.24, 2.45) is 5.73 Å². The Kier molecular flexibility index (Phi) is 6.39. The number of hydrogen-bond donors (Lipinski definition) is 2. The molecule has 0 aliphatic heterocycles. The average molecular weight is 466 g/mol. The van der Waals surface area contributed by atoms with Crippen molar-refractivity contribution in [1.82, 2.24) is 4.98 Å². The summed E-state index contributed by atoms with van der Waals surface area (Å²) in [6, 6.07) is 7.41. The number of hydrogen-bond acceptors (Lipinski definition) is 7. The third-order valence-corrected chi connectivity index (χ3v) is 7.53. The molecule has 3 N–H and O–H groups in total. The van der Waals surface area contributed by atoms with Gasteiger partial charge in [0.05, 0.1) is 17.5 Å². The summed E-state index contributed by atoms with van der Waals surface area (Å²) in [4.78, 5) is 15.9. The van der Waals surface area contributed by atoms with E-state index in [0.29, 0.717) is 22.0 Å². The molecule has 1 aromatic heterocycles. The summed E-state index contributed by atoms with van der Waals surface area (Å²) in [5.74, 6) is -0.825. The molecule has 1 unspecified atom stereocenters. The van der Waals surface area contributed by atoms with Crippen molar-refractivity contribution in [1.29, 1.82) is 0 Å². The van der Waals surface area contributed by atoms with E-state index in [1.165, 1.54) is 24.6 Å². The highest BCUT2D eigenvalue weighted by atomic mass is 32.3. The molecule has 3 rings (SSSR count). The number of anilines is 1. The molecule has 0 saturated heterocycles. The molecule has 0 amide bonds. The fraction of sp³-hybridized carbons (Fsp3) is 0.200. The molecule has 1 heterocycles. The van der Waals surface area contributed by atoms with E-state index in [1.54, 1.807) is 18.2 Å². The molecule has 0 fully saturated rings. The van der Waals surface area contributed by atoms with E-state index in [1.807, 2.05) is 0 Å². The zero-order chi connectivity index (χ0) is 22.9. The van der Waals surface area contributed by atoms with Crippen molar-refractivity contribution < 1.29 is 26.9 Å². The van der Waals surface area contributed by atoms with Gasteiger partial charge in [-0.1, -0.05) is 12.1 Å². The summed E-state index contributed by atoms with van der Waals surface area (Å²) >= 11 is 0. The molecule has 0 radical (unpaired) electrons. The van der Waals surface area contributed by atoms with Crippen molar-refractivity contribution in [3.8, 4) is 5.75 Å². The number of rotatable bonds is 7. The second-order valence-electron chi connectivity index (χ2n) is 6.87. The third-order valence-electron chi connectivity index (χ3n) is 4.65. The average Bonchev–Trinajstić information content (AvgIpc) is 2.70. The fourth-order valence-corrected chi connectivity index (χ4v) is 5.93. The van der Waals surface area contributed by atoms with Gasteiger partial charge < -0.3 is 10.8 Å². The maximum absolute atomic E-state index is 13.2. The van der Waals surface area contributed by atoms with Crippen molar-refractivity contribution in [3.63, 3.8) is 0 Å². The summed E-state index contributed by atoms with van der Waals surface area (Å²) in [7, 11) is -6.08. The van der Waals surface area contributed by atoms with Gasteiger partial charge in [0.1, 0.15) is 22.3 Å². The van der Waals surface area contributed by atoms with Gasteiger partial charge in [-0.25, -0.2) is 17.0 Å². The van der Waals surface area contributed by atoms with E-state index >= 15 is 0 Å². The largest absolute Gasteiger partial charge is 0.505 e. The number of halogens is 1. The minimum atomic E-state index is -4.04. The minimum Gasteiger partial charge on any atom is -0.505 e. The van der Waals surface area contributed by atoms with Crippen LogP contribution >= 0.6 is 0 Å². The number of phenols is 1. The number of aromatic nitrogens is 1. The Bertz CT molecular complexity index is 1290. The Morgan fingerprint density at radius 3 is 2.42 bits per heavy atom. The van der Waals surface area contributed by atoms with Gasteiger partial charge in [0.15, 0.2) is 12.0 Å². The Labute approximate surface area is 181 Å². The van der Waals surface area contributed by atoms with Crippen LogP contribution in [0.5, 0.6) is 5.75 Å². The molecular formula is C20H20FN3O5S2. The second-order valence-corrected chi connectivity index (χ2v) is 10.1. The van der Waals surface area contributed by atoms with Gasteiger partial charge in [-0.2, -0.15) is 3.71 Å². The van der Waals surface area contributed by atoms with Gasteiger partial charge in [0.25, 0.3) is 0 Å². The number of carbonyl (C=O) groups excluding carboxylic acids is 1. The van der Waals surface area contributed by atoms with Crippen molar-refractivity contribution in [3.05, 3.63) is 64.6 Å². The smallest absolute Gasteiger partial charge is 0.243 e. The number of nitrogens with two attached hydrogens (primary N) is 1. The van der Waals surface area contributed by atoms with Gasteiger partial charge in [0, 0.05) is 29.9 Å². The van der Waals surface area contributed by atoms with E-state index < -0.39 is 26.8 Å². The number of aromatic hydroxyl groups is 1. The van der Waals surface area contributed by atoms with Crippen LogP contribution in [0, 0.1) is 5.82 Å². The molecule has 0 aliphatic carbocycles. The number of aldehydes is 1. The van der Waals surface area contributed by atoms with Crippen molar-refractivity contribution in [2.75, 3.05) is 16.2 Å². The van der Waals surface area contributed by atoms with Crippen LogP contribution in [0.15, 0.2) is 36.5 Å². The molecule has 1 atom stereocenters. The van der Waals surface area contributed by atoms with Crippen LogP contribution in [0.3, 0.4) is 0 Å². The maximum Gasteiger partial charge on any atom is 0.243 e. The summed E-state index contributed by atoms with van der Waals surface area (Å²) in [6.45, 7) is -0.293. The number of phenolic OH excluding ortho intramolecular Hbond substituents is 1. The predicted octanol–water partition coefficient (Wildman–Crippen LogP) is 2.00. The maximum atomic E-state index is 13.2. The second kappa shape index (κ2) is 8.69. The van der Waals surface area contributed by atoms with Crippen LogP contribution in [-0.2, 0) is 34.0 Å². The molecule has 31 heavy (non-hydrogen) atoms. The normalized spacial score (nSPS) is 12.6. The Morgan fingerprint density at radius 1 is 1.26 bits per heavy atom. The lowest BCUT2D eigenvalue weighted by atomic mass is 9.98. The van der Waals surface area contributed by atoms with Crippen LogP contribution in [0.25, 0.3) is 10.9 Å². The molecule has 0 saturated carbocycles. The van der Waals surface area contributed by atoms with Crippen LogP contribution in [0.1, 0.15) is 27.0 Å². The van der Waals surface area contributed by atoms with Crippen LogP contribution in [-0.4, -0.2) is 41.5 Å². The van der Waals surface area contributed by atoms with Gasteiger partial charge in [-0.15, -0.1) is 0 Å². The minimum absolute atomic E-state index is 0.0290. The molecule has 0 spiro atoms. The fourth-order valence-electron chi connectivity index (χ4n) is 3.40. The molecular weight excluding hydrogens is 445 g/mol. The quantitative estimate of drug-likeness (QED) is 0.510. The molecule has 11 heteroatoms. The zero-order valence-electron chi connectivity index (χ0n) is 16.7. The van der Waals surface area contributed by atoms with E-state index in [4.69, 9.17) is 5.73 Å². The Balaban J connectivity index is 2.36. The van der Waals surface area contributed by atoms with Gasteiger partial charge in [0.2, 0.25) is 10.0 Å². The highest BCUT2D eigenvalue weighted by Gasteiger charge is 2.30. The lowest BCUT2D eigenvalue weighted by Crippen LogP contribution is -2.33. The number of carbonyl (C=O) groups is 1. The highest BCUT2D eigenvalue weighted by Crippen LogP contribution is 2.40. The number of benzene rings is 2. The van der Waals surface area contributed by atoms with Crippen LogP contribution in [0.4, 0.5) is 10.1 Å². The van der Waals surface area contributed by atoms with E-state index in [0.717, 1.165) is 11.8 Å². The number of sulfonamides is 1. The van der Waals surface area contributed by atoms with Crippen molar-refractivity contribution >= 4 is 43.9 Å². The zero-order valence-corrected chi connectivity index (χ0v) is 18.3. The van der Waals surface area contributed by atoms with Crippen LogP contribution in [0.2, 0.25) is 0 Å². The van der Waals surface area contributed by atoms with Gasteiger partial charge in [-0.05, 0) is 35.7 Å². The molecule has 8 nitrogen and oxygen atoms in total. The summed E-state index contributed by atoms with van der Waals surface area (Å²) in [6.07, 6.45) is 4.21. The predicted molar refractivity (Wildman–Crippen MR) is 117 cm³/mol. The monoisotopic (exact) mass is 465 g/mol. The molecule has 3 aromatic rings. The lowest BCUT2D eigenvalue weighted by molar-refractivity contribution is 0.112. The Morgan fingerprint density at radius 2 is 1.90 bits per heavy atom. The first-order valence-corrected chi connectivity index (χ1v) is 12.3. The lowest BCUT2D eigenvalue weighted by Gasteiger charge is -2.25. The topological polar surface area (TPSA) is 131 Å². The number of pyridine rings is 1. The molecule has 0 aliphatic rings. The first kappa shape index (κ1) is 22.8. The number of nitrogens with zero attached hydrogens (tertiary/aromatic N) is 2.